The number of pyridine rings is 1. The topological polar surface area (TPSA) is 91.3 Å². The summed E-state index contributed by atoms with van der Waals surface area (Å²) in [6.45, 7) is 1.59. The van der Waals surface area contributed by atoms with E-state index in [9.17, 15) is 14.7 Å². The highest BCUT2D eigenvalue weighted by Gasteiger charge is 2.32. The Labute approximate surface area is 130 Å². The molecule has 1 aliphatic heterocycles. The molecule has 1 unspecified atom stereocenters. The molecule has 0 saturated heterocycles. The van der Waals surface area contributed by atoms with E-state index in [1.165, 1.54) is 11.3 Å². The summed E-state index contributed by atoms with van der Waals surface area (Å²) >= 11 is 1.42. The van der Waals surface area contributed by atoms with Gasteiger partial charge in [0, 0.05) is 16.8 Å². The van der Waals surface area contributed by atoms with Gasteiger partial charge in [-0.3, -0.25) is 4.98 Å². The number of thiophene rings is 1. The first-order chi connectivity index (χ1) is 10.6. The van der Waals surface area contributed by atoms with Crippen LogP contribution in [0.3, 0.4) is 0 Å². The number of carboxylic acids is 1. The number of allylic oxidation sites excluding steroid dienone is 1. The van der Waals surface area contributed by atoms with Crippen molar-refractivity contribution < 1.29 is 14.7 Å². The predicted octanol–water partition coefficient (Wildman–Crippen LogP) is 2.52. The van der Waals surface area contributed by atoms with Gasteiger partial charge in [-0.15, -0.1) is 11.3 Å². The van der Waals surface area contributed by atoms with E-state index in [0.717, 1.165) is 15.4 Å². The van der Waals surface area contributed by atoms with Crippen molar-refractivity contribution in [1.29, 1.82) is 0 Å². The van der Waals surface area contributed by atoms with Gasteiger partial charge < -0.3 is 15.7 Å². The maximum Gasteiger partial charge on any atom is 0.335 e. The third kappa shape index (κ3) is 2.58. The predicted molar refractivity (Wildman–Crippen MR) is 82.3 cm³/mol. The van der Waals surface area contributed by atoms with Gasteiger partial charge in [0.1, 0.15) is 0 Å². The smallest absolute Gasteiger partial charge is 0.335 e. The van der Waals surface area contributed by atoms with Crippen LogP contribution in [0.1, 0.15) is 17.8 Å². The minimum Gasteiger partial charge on any atom is -0.478 e. The van der Waals surface area contributed by atoms with Gasteiger partial charge in [-0.1, -0.05) is 6.07 Å². The van der Waals surface area contributed by atoms with E-state index in [1.807, 2.05) is 30.3 Å². The number of amides is 2. The first kappa shape index (κ1) is 14.3. The van der Waals surface area contributed by atoms with E-state index < -0.39 is 18.0 Å². The Kier molecular flexibility index (Phi) is 3.64. The van der Waals surface area contributed by atoms with Crippen molar-refractivity contribution in [3.63, 3.8) is 0 Å². The lowest BCUT2D eigenvalue weighted by molar-refractivity contribution is -0.133. The van der Waals surface area contributed by atoms with Gasteiger partial charge in [0.05, 0.1) is 22.2 Å². The number of carbonyl (C=O) groups is 2. The molecule has 3 N–H and O–H groups in total. The van der Waals surface area contributed by atoms with E-state index >= 15 is 0 Å². The van der Waals surface area contributed by atoms with Crippen molar-refractivity contribution in [2.75, 3.05) is 0 Å². The fourth-order valence-corrected chi connectivity index (χ4v) is 3.39. The van der Waals surface area contributed by atoms with Crippen LogP contribution in [0.25, 0.3) is 10.6 Å². The van der Waals surface area contributed by atoms with Crippen LogP contribution in [0.2, 0.25) is 0 Å². The summed E-state index contributed by atoms with van der Waals surface area (Å²) in [5, 5.41) is 14.5. The summed E-state index contributed by atoms with van der Waals surface area (Å²) in [4.78, 5) is 29.1. The van der Waals surface area contributed by atoms with E-state index in [4.69, 9.17) is 0 Å². The Bertz CT molecular complexity index is 767. The molecule has 0 fully saturated rings. The molecular weight excluding hydrogens is 302 g/mol. The van der Waals surface area contributed by atoms with Crippen LogP contribution in [-0.2, 0) is 4.79 Å². The molecule has 3 rings (SSSR count). The van der Waals surface area contributed by atoms with Gasteiger partial charge in [-0.2, -0.15) is 0 Å². The molecule has 0 saturated carbocycles. The van der Waals surface area contributed by atoms with Crippen molar-refractivity contribution in [1.82, 2.24) is 15.6 Å². The van der Waals surface area contributed by atoms with Crippen LogP contribution in [0.15, 0.2) is 47.8 Å². The lowest BCUT2D eigenvalue weighted by atomic mass is 10.0. The number of nitrogens with zero attached hydrogens (tertiary/aromatic N) is 1. The van der Waals surface area contributed by atoms with Crippen molar-refractivity contribution in [3.8, 4) is 10.6 Å². The molecule has 22 heavy (non-hydrogen) atoms. The van der Waals surface area contributed by atoms with Crippen LogP contribution in [0.5, 0.6) is 0 Å². The van der Waals surface area contributed by atoms with Gasteiger partial charge in [0.25, 0.3) is 0 Å². The van der Waals surface area contributed by atoms with Gasteiger partial charge in [-0.05, 0) is 31.2 Å². The monoisotopic (exact) mass is 315 g/mol. The summed E-state index contributed by atoms with van der Waals surface area (Å²) in [6.07, 6.45) is 1.70. The highest BCUT2D eigenvalue weighted by atomic mass is 32.1. The van der Waals surface area contributed by atoms with E-state index in [1.54, 1.807) is 13.1 Å². The fourth-order valence-electron chi connectivity index (χ4n) is 2.34. The molecule has 2 amide bonds. The molecule has 7 heteroatoms. The molecular formula is C15H13N3O3S. The average Bonchev–Trinajstić information content (AvgIpc) is 2.96. The molecule has 1 atom stereocenters. The summed E-state index contributed by atoms with van der Waals surface area (Å²) < 4.78 is 0. The largest absolute Gasteiger partial charge is 0.478 e. The maximum absolute atomic E-state index is 11.6. The quantitative estimate of drug-likeness (QED) is 0.811. The number of nitrogens with one attached hydrogen (secondary N) is 2. The SMILES string of the molecule is CC1=C(C(=O)O)C(c2ccc(-c3ccccn3)s2)NC(=O)N1. The zero-order valence-electron chi connectivity index (χ0n) is 11.7. The molecule has 6 nitrogen and oxygen atoms in total. The number of urea groups is 1. The highest BCUT2D eigenvalue weighted by molar-refractivity contribution is 7.15. The number of hydrogen-bond acceptors (Lipinski definition) is 4. The van der Waals surface area contributed by atoms with Crippen LogP contribution in [0.4, 0.5) is 4.79 Å². The molecule has 2 aromatic heterocycles. The first-order valence-corrected chi connectivity index (χ1v) is 7.40. The standard InChI is InChI=1S/C15H13N3O3S/c1-8-12(14(19)20)13(18-15(21)17-8)11-6-5-10(22-11)9-4-2-3-7-16-9/h2-7,13H,1H3,(H,19,20)(H2,17,18,21). The number of hydrogen-bond donors (Lipinski definition) is 3. The van der Waals surface area contributed by atoms with E-state index in [2.05, 4.69) is 15.6 Å². The molecule has 2 aromatic rings. The third-order valence-electron chi connectivity index (χ3n) is 3.33. The maximum atomic E-state index is 11.6. The summed E-state index contributed by atoms with van der Waals surface area (Å²) in [5.74, 6) is -1.05. The van der Waals surface area contributed by atoms with Crippen LogP contribution in [-0.4, -0.2) is 22.1 Å². The second-order valence-corrected chi connectivity index (χ2v) is 5.91. The van der Waals surface area contributed by atoms with Gasteiger partial charge >= 0.3 is 12.0 Å². The minimum atomic E-state index is -1.05. The van der Waals surface area contributed by atoms with Crippen LogP contribution >= 0.6 is 11.3 Å². The Morgan fingerprint density at radius 2 is 2.14 bits per heavy atom. The highest BCUT2D eigenvalue weighted by Crippen LogP contribution is 2.35. The van der Waals surface area contributed by atoms with E-state index in [0.29, 0.717) is 5.70 Å². The Hall–Kier alpha value is -2.67. The molecule has 0 spiro atoms. The minimum absolute atomic E-state index is 0.147. The number of carbonyl (C=O) groups excluding carboxylic acids is 1. The summed E-state index contributed by atoms with van der Waals surface area (Å²) in [5.41, 5.74) is 1.32. The molecule has 0 aliphatic carbocycles. The molecule has 1 aliphatic rings. The zero-order chi connectivity index (χ0) is 15.7. The number of aromatic nitrogens is 1. The van der Waals surface area contributed by atoms with Gasteiger partial charge in [-0.25, -0.2) is 9.59 Å². The third-order valence-corrected chi connectivity index (χ3v) is 4.50. The summed E-state index contributed by atoms with van der Waals surface area (Å²) in [6, 6.07) is 8.25. The number of aliphatic carboxylic acids is 1. The first-order valence-electron chi connectivity index (χ1n) is 6.59. The Morgan fingerprint density at radius 3 is 2.82 bits per heavy atom. The summed E-state index contributed by atoms with van der Waals surface area (Å²) in [7, 11) is 0. The normalized spacial score (nSPS) is 17.9. The molecule has 0 aromatic carbocycles. The van der Waals surface area contributed by atoms with Crippen molar-refractivity contribution in [3.05, 3.63) is 52.7 Å². The number of carboxylic acid groups (broad SMARTS) is 1. The fraction of sp³-hybridized carbons (Fsp3) is 0.133. The number of rotatable bonds is 3. The van der Waals surface area contributed by atoms with Crippen molar-refractivity contribution in [2.45, 2.75) is 13.0 Å². The van der Waals surface area contributed by atoms with Gasteiger partial charge in [0.15, 0.2) is 0 Å². The molecule has 0 radical (unpaired) electrons. The molecule has 0 bridgehead atoms. The Morgan fingerprint density at radius 1 is 1.32 bits per heavy atom. The van der Waals surface area contributed by atoms with Crippen LogP contribution in [0, 0.1) is 0 Å². The van der Waals surface area contributed by atoms with Crippen molar-refractivity contribution in [2.24, 2.45) is 0 Å². The lowest BCUT2D eigenvalue weighted by Crippen LogP contribution is -2.44. The van der Waals surface area contributed by atoms with Crippen LogP contribution < -0.4 is 10.6 Å². The zero-order valence-corrected chi connectivity index (χ0v) is 12.5. The molecule has 112 valence electrons. The molecule has 3 heterocycles. The Balaban J connectivity index is 2.00. The van der Waals surface area contributed by atoms with Crippen molar-refractivity contribution >= 4 is 23.3 Å². The average molecular weight is 315 g/mol. The van der Waals surface area contributed by atoms with E-state index in [-0.39, 0.29) is 5.57 Å². The second kappa shape index (κ2) is 5.61. The second-order valence-electron chi connectivity index (χ2n) is 4.79. The van der Waals surface area contributed by atoms with Gasteiger partial charge in [0.2, 0.25) is 0 Å². The lowest BCUT2D eigenvalue weighted by Gasteiger charge is -2.25.